The first-order chi connectivity index (χ1) is 8.77. The first-order valence-corrected chi connectivity index (χ1v) is 9.13. The molecule has 0 saturated carbocycles. The topological polar surface area (TPSA) is 76.3 Å². The monoisotopic (exact) mass is 303 g/mol. The number of hydrogen-bond donors (Lipinski definition) is 1. The third kappa shape index (κ3) is 2.86. The van der Waals surface area contributed by atoms with Gasteiger partial charge in [0.25, 0.3) is 0 Å². The molecule has 0 atom stereocenters. The second-order valence-electron chi connectivity index (χ2n) is 5.63. The Balaban J connectivity index is 2.26. The predicted molar refractivity (Wildman–Crippen MR) is 79.5 cm³/mol. The Morgan fingerprint density at radius 3 is 2.47 bits per heavy atom. The molecule has 0 spiro atoms. The van der Waals surface area contributed by atoms with Crippen molar-refractivity contribution in [2.24, 2.45) is 5.41 Å². The average molecular weight is 303 g/mol. The molecule has 19 heavy (non-hydrogen) atoms. The highest BCUT2D eigenvalue weighted by molar-refractivity contribution is 7.91. The average Bonchev–Trinajstić information content (AvgIpc) is 2.72. The van der Waals surface area contributed by atoms with Gasteiger partial charge in [-0.05, 0) is 29.8 Å². The highest BCUT2D eigenvalue weighted by Gasteiger charge is 2.32. The molecule has 1 saturated heterocycles. The van der Waals surface area contributed by atoms with Crippen molar-refractivity contribution in [1.29, 1.82) is 0 Å². The fraction of sp³-hybridized carbons (Fsp3) is 0.750. The molecule has 2 heterocycles. The number of nitrogen functional groups attached to an aromatic ring is 1. The molecule has 2 N–H and O–H groups in total. The van der Waals surface area contributed by atoms with Crippen molar-refractivity contribution in [3.05, 3.63) is 0 Å². The van der Waals surface area contributed by atoms with Gasteiger partial charge in [-0.25, -0.2) is 8.42 Å². The lowest BCUT2D eigenvalue weighted by molar-refractivity contribution is 0.238. The van der Waals surface area contributed by atoms with E-state index in [1.54, 1.807) is 0 Å². The quantitative estimate of drug-likeness (QED) is 0.926. The Kier molecular flexibility index (Phi) is 3.79. The fourth-order valence-electron chi connectivity index (χ4n) is 2.44. The van der Waals surface area contributed by atoms with Gasteiger partial charge in [0.2, 0.25) is 0 Å². The molecule has 108 valence electrons. The zero-order valence-electron chi connectivity index (χ0n) is 11.6. The van der Waals surface area contributed by atoms with Gasteiger partial charge in [0.1, 0.15) is 9.90 Å². The summed E-state index contributed by atoms with van der Waals surface area (Å²) >= 11 is 1.19. The van der Waals surface area contributed by atoms with Crippen LogP contribution in [0.3, 0.4) is 0 Å². The highest BCUT2D eigenvalue weighted by Crippen LogP contribution is 2.40. The van der Waals surface area contributed by atoms with E-state index in [1.807, 2.05) is 0 Å². The van der Waals surface area contributed by atoms with Gasteiger partial charge in [-0.1, -0.05) is 20.3 Å². The number of sulfone groups is 1. The maximum Gasteiger partial charge on any atom is 0.182 e. The van der Waals surface area contributed by atoms with Crippen LogP contribution in [0.5, 0.6) is 0 Å². The summed E-state index contributed by atoms with van der Waals surface area (Å²) in [4.78, 5) is 2.32. The maximum atomic E-state index is 11.8. The largest absolute Gasteiger partial charge is 0.382 e. The third-order valence-electron chi connectivity index (χ3n) is 4.14. The first kappa shape index (κ1) is 14.6. The van der Waals surface area contributed by atoms with Gasteiger partial charge in [0.15, 0.2) is 15.7 Å². The molecule has 1 aromatic heterocycles. The smallest absolute Gasteiger partial charge is 0.182 e. The normalized spacial score (nSPS) is 19.6. The number of anilines is 2. The molecule has 1 aliphatic heterocycles. The molecule has 5 nitrogen and oxygen atoms in total. The molecular weight excluding hydrogens is 282 g/mol. The minimum absolute atomic E-state index is 0.131. The van der Waals surface area contributed by atoms with Gasteiger partial charge in [0.05, 0.1) is 0 Å². The molecule has 0 amide bonds. The minimum Gasteiger partial charge on any atom is -0.382 e. The molecule has 0 unspecified atom stereocenters. The Hall–Kier alpha value is -0.820. The van der Waals surface area contributed by atoms with Crippen molar-refractivity contribution in [2.75, 3.05) is 30.0 Å². The summed E-state index contributed by atoms with van der Waals surface area (Å²) in [7, 11) is -3.32. The van der Waals surface area contributed by atoms with Crippen molar-refractivity contribution in [1.82, 2.24) is 4.37 Å². The van der Waals surface area contributed by atoms with E-state index in [2.05, 4.69) is 23.1 Å². The minimum atomic E-state index is -3.32. The third-order valence-corrected chi connectivity index (χ3v) is 6.34. The summed E-state index contributed by atoms with van der Waals surface area (Å²) in [5.74, 6) is 0.131. The fourth-order valence-corrected chi connectivity index (χ4v) is 4.70. The number of hydrogen-bond acceptors (Lipinski definition) is 6. The molecular formula is C12H21N3O2S2. The molecule has 1 aromatic rings. The van der Waals surface area contributed by atoms with Gasteiger partial charge in [0, 0.05) is 19.3 Å². The van der Waals surface area contributed by atoms with Crippen LogP contribution in [0, 0.1) is 5.41 Å². The maximum absolute atomic E-state index is 11.8. The van der Waals surface area contributed by atoms with E-state index < -0.39 is 9.84 Å². The van der Waals surface area contributed by atoms with E-state index in [-0.39, 0.29) is 10.7 Å². The van der Waals surface area contributed by atoms with Gasteiger partial charge in [-0.15, -0.1) is 0 Å². The van der Waals surface area contributed by atoms with Crippen LogP contribution < -0.4 is 10.6 Å². The van der Waals surface area contributed by atoms with Gasteiger partial charge < -0.3 is 10.6 Å². The van der Waals surface area contributed by atoms with Crippen LogP contribution in [0.25, 0.3) is 0 Å². The van der Waals surface area contributed by atoms with Crippen LogP contribution in [-0.2, 0) is 9.84 Å². The zero-order chi connectivity index (χ0) is 14.3. The summed E-state index contributed by atoms with van der Waals surface area (Å²) in [5, 5.41) is 0.707. The Bertz CT molecular complexity index is 558. The SMILES string of the molecule is CCC1(C)CCN(c2snc(N)c2S(C)(=O)=O)CC1. The molecule has 0 radical (unpaired) electrons. The second kappa shape index (κ2) is 4.94. The van der Waals surface area contributed by atoms with Crippen molar-refractivity contribution < 1.29 is 8.42 Å². The van der Waals surface area contributed by atoms with E-state index in [0.29, 0.717) is 10.4 Å². The van der Waals surface area contributed by atoms with Crippen LogP contribution in [0.1, 0.15) is 33.1 Å². The number of nitrogens with two attached hydrogens (primary N) is 1. The van der Waals surface area contributed by atoms with Gasteiger partial charge in [-0.3, -0.25) is 0 Å². The van der Waals surface area contributed by atoms with Crippen LogP contribution in [0.2, 0.25) is 0 Å². The van der Waals surface area contributed by atoms with E-state index in [0.717, 1.165) is 32.4 Å². The Labute approximate surface area is 118 Å². The Morgan fingerprint density at radius 2 is 2.00 bits per heavy atom. The zero-order valence-corrected chi connectivity index (χ0v) is 13.3. The van der Waals surface area contributed by atoms with Gasteiger partial charge in [-0.2, -0.15) is 4.37 Å². The molecule has 0 aliphatic carbocycles. The molecule has 1 fully saturated rings. The van der Waals surface area contributed by atoms with E-state index >= 15 is 0 Å². The lowest BCUT2D eigenvalue weighted by atomic mass is 9.78. The summed E-state index contributed by atoms with van der Waals surface area (Å²) in [5.41, 5.74) is 6.08. The van der Waals surface area contributed by atoms with Crippen LogP contribution >= 0.6 is 11.5 Å². The highest BCUT2D eigenvalue weighted by atomic mass is 32.2. The van der Waals surface area contributed by atoms with E-state index in [4.69, 9.17) is 5.73 Å². The molecule has 0 bridgehead atoms. The lowest BCUT2D eigenvalue weighted by Gasteiger charge is -2.39. The first-order valence-electron chi connectivity index (χ1n) is 6.47. The lowest BCUT2D eigenvalue weighted by Crippen LogP contribution is -2.38. The molecule has 1 aliphatic rings. The predicted octanol–water partition coefficient (Wildman–Crippen LogP) is 2.15. The van der Waals surface area contributed by atoms with Crippen molar-refractivity contribution in [2.45, 2.75) is 38.0 Å². The number of piperidine rings is 1. The molecule has 0 aromatic carbocycles. The summed E-state index contributed by atoms with van der Waals surface area (Å²) in [6, 6.07) is 0. The standard InChI is InChI=1S/C12H21N3O2S2/c1-4-12(2)5-7-15(8-6-12)11-9(19(3,16)17)10(13)14-18-11/h4-8H2,1-3H3,(H2,13,14). The number of rotatable bonds is 3. The van der Waals surface area contributed by atoms with E-state index in [9.17, 15) is 8.42 Å². The van der Waals surface area contributed by atoms with Crippen LogP contribution in [0.4, 0.5) is 10.8 Å². The van der Waals surface area contributed by atoms with Crippen LogP contribution in [0.15, 0.2) is 4.90 Å². The number of nitrogens with zero attached hydrogens (tertiary/aromatic N) is 2. The summed E-state index contributed by atoms with van der Waals surface area (Å²) in [6.07, 6.45) is 4.50. The molecule has 2 rings (SSSR count). The second-order valence-corrected chi connectivity index (χ2v) is 8.33. The summed E-state index contributed by atoms with van der Waals surface area (Å²) < 4.78 is 27.7. The Morgan fingerprint density at radius 1 is 1.42 bits per heavy atom. The van der Waals surface area contributed by atoms with Crippen molar-refractivity contribution >= 4 is 32.2 Å². The van der Waals surface area contributed by atoms with Crippen molar-refractivity contribution in [3.8, 4) is 0 Å². The van der Waals surface area contributed by atoms with Crippen LogP contribution in [-0.4, -0.2) is 32.1 Å². The van der Waals surface area contributed by atoms with Gasteiger partial charge >= 0.3 is 0 Å². The molecule has 7 heteroatoms. The van der Waals surface area contributed by atoms with Crippen molar-refractivity contribution in [3.63, 3.8) is 0 Å². The van der Waals surface area contributed by atoms with E-state index in [1.165, 1.54) is 17.8 Å². The summed E-state index contributed by atoms with van der Waals surface area (Å²) in [6.45, 7) is 6.24. The number of aromatic nitrogens is 1.